The van der Waals surface area contributed by atoms with E-state index in [9.17, 15) is 9.18 Å². The molecule has 1 aliphatic rings. The van der Waals surface area contributed by atoms with Gasteiger partial charge in [-0.2, -0.15) is 0 Å². The van der Waals surface area contributed by atoms with Crippen molar-refractivity contribution in [2.45, 2.75) is 44.7 Å². The second-order valence-electron chi connectivity index (χ2n) is 8.61. The first-order valence-corrected chi connectivity index (χ1v) is 10.9. The van der Waals surface area contributed by atoms with Crippen molar-refractivity contribution >= 4 is 5.91 Å². The summed E-state index contributed by atoms with van der Waals surface area (Å²) in [5.74, 6) is 0.186. The van der Waals surface area contributed by atoms with Gasteiger partial charge in [0.25, 0.3) is 0 Å². The highest BCUT2D eigenvalue weighted by Gasteiger charge is 2.32. The number of ether oxygens (including phenoxy) is 2. The summed E-state index contributed by atoms with van der Waals surface area (Å²) in [6, 6.07) is 14.7. The van der Waals surface area contributed by atoms with E-state index in [2.05, 4.69) is 17.3 Å². The molecular weight excluding hydrogens is 395 g/mol. The topological polar surface area (TPSA) is 50.8 Å². The van der Waals surface area contributed by atoms with Gasteiger partial charge in [0.05, 0.1) is 5.41 Å². The van der Waals surface area contributed by atoms with Crippen molar-refractivity contribution in [2.75, 3.05) is 33.4 Å². The Balaban J connectivity index is 1.50. The van der Waals surface area contributed by atoms with E-state index in [1.807, 2.05) is 24.3 Å². The molecule has 1 fully saturated rings. The monoisotopic (exact) mass is 428 g/mol. The molecule has 31 heavy (non-hydrogen) atoms. The van der Waals surface area contributed by atoms with Crippen molar-refractivity contribution < 1.29 is 18.7 Å². The van der Waals surface area contributed by atoms with Gasteiger partial charge in [0.1, 0.15) is 18.2 Å². The summed E-state index contributed by atoms with van der Waals surface area (Å²) in [6.07, 6.45) is 2.13. The fourth-order valence-corrected chi connectivity index (χ4v) is 3.85. The number of nitrogens with zero attached hydrogens (tertiary/aromatic N) is 1. The quantitative estimate of drug-likeness (QED) is 0.658. The van der Waals surface area contributed by atoms with Crippen LogP contribution in [0.15, 0.2) is 48.5 Å². The van der Waals surface area contributed by atoms with E-state index >= 15 is 0 Å². The molecule has 2 aromatic carbocycles. The van der Waals surface area contributed by atoms with Gasteiger partial charge in [-0.1, -0.05) is 30.3 Å². The van der Waals surface area contributed by atoms with Crippen LogP contribution in [0.5, 0.6) is 5.75 Å². The van der Waals surface area contributed by atoms with E-state index in [1.54, 1.807) is 32.0 Å². The Hall–Kier alpha value is -2.44. The highest BCUT2D eigenvalue weighted by Crippen LogP contribution is 2.26. The smallest absolute Gasteiger partial charge is 0.230 e. The van der Waals surface area contributed by atoms with Crippen LogP contribution >= 0.6 is 0 Å². The molecule has 6 heteroatoms. The average molecular weight is 429 g/mol. The van der Waals surface area contributed by atoms with Crippen LogP contribution in [-0.4, -0.2) is 50.3 Å². The predicted molar refractivity (Wildman–Crippen MR) is 120 cm³/mol. The Morgan fingerprint density at radius 1 is 1.19 bits per heavy atom. The normalized spacial score (nSPS) is 15.1. The maximum atomic E-state index is 14.1. The van der Waals surface area contributed by atoms with Crippen LogP contribution in [0.1, 0.15) is 37.8 Å². The molecule has 168 valence electrons. The number of carbonyl (C=O) groups excluding carboxylic acids is 1. The number of amides is 1. The van der Waals surface area contributed by atoms with E-state index in [1.165, 1.54) is 6.07 Å². The van der Waals surface area contributed by atoms with Gasteiger partial charge < -0.3 is 14.8 Å². The number of hydrogen-bond acceptors (Lipinski definition) is 4. The van der Waals surface area contributed by atoms with Gasteiger partial charge in [0.2, 0.25) is 5.91 Å². The van der Waals surface area contributed by atoms with Crippen molar-refractivity contribution in [1.82, 2.24) is 10.2 Å². The summed E-state index contributed by atoms with van der Waals surface area (Å²) in [5, 5.41) is 2.93. The molecule has 1 N–H and O–H groups in total. The molecule has 0 aliphatic carbocycles. The lowest BCUT2D eigenvalue weighted by atomic mass is 9.83. The largest absolute Gasteiger partial charge is 0.492 e. The highest BCUT2D eigenvalue weighted by molar-refractivity contribution is 5.87. The van der Waals surface area contributed by atoms with Crippen LogP contribution in [0.2, 0.25) is 0 Å². The minimum atomic E-state index is -0.964. The fraction of sp³-hybridized carbons (Fsp3) is 0.480. The molecule has 0 atom stereocenters. The lowest BCUT2D eigenvalue weighted by Gasteiger charge is -2.31. The maximum Gasteiger partial charge on any atom is 0.230 e. The van der Waals surface area contributed by atoms with Gasteiger partial charge in [-0.25, -0.2) is 4.39 Å². The maximum absolute atomic E-state index is 14.1. The van der Waals surface area contributed by atoms with Crippen LogP contribution < -0.4 is 10.1 Å². The van der Waals surface area contributed by atoms with Gasteiger partial charge in [0, 0.05) is 37.9 Å². The molecule has 2 aromatic rings. The van der Waals surface area contributed by atoms with Crippen molar-refractivity contribution in [2.24, 2.45) is 0 Å². The molecule has 0 unspecified atom stereocenters. The molecule has 0 radical (unpaired) electrons. The second kappa shape index (κ2) is 10.7. The molecule has 5 nitrogen and oxygen atoms in total. The number of carbonyl (C=O) groups is 1. The van der Waals surface area contributed by atoms with Crippen molar-refractivity contribution in [1.29, 1.82) is 0 Å². The molecule has 1 amide bonds. The third kappa shape index (κ3) is 6.28. The zero-order valence-electron chi connectivity index (χ0n) is 18.7. The molecule has 1 saturated heterocycles. The third-order valence-corrected chi connectivity index (χ3v) is 5.99. The number of halogens is 1. The first-order chi connectivity index (χ1) is 14.9. The lowest BCUT2D eigenvalue weighted by Crippen LogP contribution is -2.40. The first kappa shape index (κ1) is 23.2. The molecular formula is C25H33FN2O3. The molecule has 0 bridgehead atoms. The van der Waals surface area contributed by atoms with Gasteiger partial charge >= 0.3 is 0 Å². The number of hydrogen-bond donors (Lipinski definition) is 1. The molecule has 0 saturated carbocycles. The Kier molecular flexibility index (Phi) is 8.04. The summed E-state index contributed by atoms with van der Waals surface area (Å²) in [4.78, 5) is 15.1. The summed E-state index contributed by atoms with van der Waals surface area (Å²) in [6.45, 7) is 6.93. The molecule has 0 aromatic heterocycles. The SMILES string of the molecule is CN(CCOc1cccc(CNC(=O)C(C)(C)c2ccccc2F)c1)C1CCOCC1. The minimum Gasteiger partial charge on any atom is -0.492 e. The van der Waals surface area contributed by atoms with Crippen LogP contribution in [0.25, 0.3) is 0 Å². The molecule has 0 spiro atoms. The second-order valence-corrected chi connectivity index (χ2v) is 8.61. The van der Waals surface area contributed by atoms with Crippen LogP contribution in [0.4, 0.5) is 4.39 Å². The van der Waals surface area contributed by atoms with E-state index in [0.717, 1.165) is 43.9 Å². The Morgan fingerprint density at radius 2 is 1.94 bits per heavy atom. The molecule has 3 rings (SSSR count). The zero-order chi connectivity index (χ0) is 22.3. The first-order valence-electron chi connectivity index (χ1n) is 10.9. The number of likely N-dealkylation sites (N-methyl/N-ethyl adjacent to an activating group) is 1. The fourth-order valence-electron chi connectivity index (χ4n) is 3.85. The van der Waals surface area contributed by atoms with Crippen LogP contribution in [-0.2, 0) is 21.5 Å². The van der Waals surface area contributed by atoms with Gasteiger partial charge in [0.15, 0.2) is 0 Å². The Labute approximate surface area is 184 Å². The average Bonchev–Trinajstić information content (AvgIpc) is 2.78. The minimum absolute atomic E-state index is 0.220. The number of nitrogens with one attached hydrogen (secondary N) is 1. The highest BCUT2D eigenvalue weighted by atomic mass is 19.1. The van der Waals surface area contributed by atoms with E-state index in [0.29, 0.717) is 24.8 Å². The lowest BCUT2D eigenvalue weighted by molar-refractivity contribution is -0.125. The van der Waals surface area contributed by atoms with E-state index < -0.39 is 5.41 Å². The van der Waals surface area contributed by atoms with Crippen molar-refractivity contribution in [3.63, 3.8) is 0 Å². The van der Waals surface area contributed by atoms with Crippen molar-refractivity contribution in [3.8, 4) is 5.75 Å². The van der Waals surface area contributed by atoms with Crippen molar-refractivity contribution in [3.05, 3.63) is 65.5 Å². The third-order valence-electron chi connectivity index (χ3n) is 5.99. The summed E-state index contributed by atoms with van der Waals surface area (Å²) >= 11 is 0. The predicted octanol–water partition coefficient (Wildman–Crippen LogP) is 3.91. The summed E-state index contributed by atoms with van der Waals surface area (Å²) < 4.78 is 25.5. The van der Waals surface area contributed by atoms with Crippen LogP contribution in [0, 0.1) is 5.82 Å². The van der Waals surface area contributed by atoms with Gasteiger partial charge in [-0.05, 0) is 57.5 Å². The summed E-state index contributed by atoms with van der Waals surface area (Å²) in [5.41, 5.74) is 0.361. The van der Waals surface area contributed by atoms with Gasteiger partial charge in [-0.15, -0.1) is 0 Å². The molecule has 1 heterocycles. The van der Waals surface area contributed by atoms with Crippen LogP contribution in [0.3, 0.4) is 0 Å². The van der Waals surface area contributed by atoms with E-state index in [4.69, 9.17) is 9.47 Å². The van der Waals surface area contributed by atoms with E-state index in [-0.39, 0.29) is 11.7 Å². The zero-order valence-corrected chi connectivity index (χ0v) is 18.7. The Bertz CT molecular complexity index is 865. The Morgan fingerprint density at radius 3 is 2.68 bits per heavy atom. The standard InChI is InChI=1S/C25H33FN2O3/c1-25(2,22-9-4-5-10-23(22)26)24(29)27-18-19-7-6-8-21(17-19)31-16-13-28(3)20-11-14-30-15-12-20/h4-10,17,20H,11-16,18H2,1-3H3,(H,27,29). The number of benzene rings is 2. The number of rotatable bonds is 9. The van der Waals surface area contributed by atoms with Gasteiger partial charge in [-0.3, -0.25) is 9.69 Å². The summed E-state index contributed by atoms with van der Waals surface area (Å²) in [7, 11) is 2.13. The molecule has 1 aliphatic heterocycles.